The Bertz CT molecular complexity index is 1120. The third-order valence-corrected chi connectivity index (χ3v) is 6.25. The second kappa shape index (κ2) is 8.87. The van der Waals surface area contributed by atoms with Crippen LogP contribution in [0.4, 0.5) is 5.69 Å². The topological polar surface area (TPSA) is 49.9 Å². The van der Waals surface area contributed by atoms with Crippen LogP contribution >= 0.6 is 0 Å². The third kappa shape index (κ3) is 4.11. The summed E-state index contributed by atoms with van der Waals surface area (Å²) in [5, 5.41) is 0. The van der Waals surface area contributed by atoms with E-state index in [0.29, 0.717) is 24.2 Å². The second-order valence-corrected chi connectivity index (χ2v) is 8.34. The zero-order chi connectivity index (χ0) is 21.9. The van der Waals surface area contributed by atoms with Crippen molar-refractivity contribution in [3.63, 3.8) is 0 Å². The highest BCUT2D eigenvalue weighted by molar-refractivity contribution is 6.09. The Labute approximate surface area is 188 Å². The van der Waals surface area contributed by atoms with Gasteiger partial charge in [-0.15, -0.1) is 0 Å². The van der Waals surface area contributed by atoms with Gasteiger partial charge in [-0.05, 0) is 60.2 Å². The maximum atomic E-state index is 13.1. The van der Waals surface area contributed by atoms with Gasteiger partial charge >= 0.3 is 0 Å². The van der Waals surface area contributed by atoms with Gasteiger partial charge in [-0.1, -0.05) is 48.5 Å². The number of hydrogen-bond acceptors (Lipinski definition) is 3. The summed E-state index contributed by atoms with van der Waals surface area (Å²) < 4.78 is 5.94. The lowest BCUT2D eigenvalue weighted by Crippen LogP contribution is -2.38. The van der Waals surface area contributed by atoms with Gasteiger partial charge in [0.1, 0.15) is 5.75 Å². The maximum Gasteiger partial charge on any atom is 0.264 e. The number of aryl methyl sites for hydroxylation is 1. The first-order valence-electron chi connectivity index (χ1n) is 11.2. The Balaban J connectivity index is 1.26. The molecular formula is C27H26N2O3. The Morgan fingerprint density at radius 2 is 1.62 bits per heavy atom. The number of ether oxygens (including phenoxy) is 1. The number of anilines is 1. The minimum atomic E-state index is -0.0668. The van der Waals surface area contributed by atoms with Gasteiger partial charge in [0.2, 0.25) is 5.91 Å². The summed E-state index contributed by atoms with van der Waals surface area (Å²) in [6.07, 6.45) is 3.47. The van der Waals surface area contributed by atoms with E-state index in [1.807, 2.05) is 77.7 Å². The van der Waals surface area contributed by atoms with E-state index in [-0.39, 0.29) is 18.5 Å². The zero-order valence-electron chi connectivity index (χ0n) is 18.0. The minimum absolute atomic E-state index is 0.0668. The average Bonchev–Trinajstić information content (AvgIpc) is 3.39. The van der Waals surface area contributed by atoms with Crippen LogP contribution in [0, 0.1) is 0 Å². The standard InChI is InChI=1S/C27H26N2O3/c30-26(28-16-4-5-17-28)15-10-20-8-12-23(13-9-20)29-19-32-25-18-22(11-14-24(25)27(29)31)21-6-2-1-3-7-21/h1-3,6-9,11-14,18H,4-5,10,15-17,19H2. The monoisotopic (exact) mass is 426 g/mol. The third-order valence-electron chi connectivity index (χ3n) is 6.25. The Hall–Kier alpha value is -3.60. The van der Waals surface area contributed by atoms with Crippen molar-refractivity contribution < 1.29 is 14.3 Å². The minimum Gasteiger partial charge on any atom is -0.472 e. The Kier molecular flexibility index (Phi) is 5.63. The molecule has 2 aliphatic rings. The first-order valence-corrected chi connectivity index (χ1v) is 11.2. The van der Waals surface area contributed by atoms with Crippen molar-refractivity contribution in [1.29, 1.82) is 0 Å². The number of hydrogen-bond donors (Lipinski definition) is 0. The molecule has 0 atom stereocenters. The van der Waals surface area contributed by atoms with Gasteiger partial charge < -0.3 is 9.64 Å². The van der Waals surface area contributed by atoms with Crippen LogP contribution in [0.5, 0.6) is 5.75 Å². The summed E-state index contributed by atoms with van der Waals surface area (Å²) in [6.45, 7) is 1.96. The van der Waals surface area contributed by atoms with E-state index < -0.39 is 0 Å². The van der Waals surface area contributed by atoms with Crippen molar-refractivity contribution in [2.45, 2.75) is 25.7 Å². The van der Waals surface area contributed by atoms with Crippen molar-refractivity contribution in [1.82, 2.24) is 4.90 Å². The highest BCUT2D eigenvalue weighted by Crippen LogP contribution is 2.32. The number of benzene rings is 3. The van der Waals surface area contributed by atoms with Crippen molar-refractivity contribution in [3.8, 4) is 16.9 Å². The summed E-state index contributed by atoms with van der Waals surface area (Å²) in [5.41, 5.74) is 4.57. The quantitative estimate of drug-likeness (QED) is 0.583. The molecule has 0 radical (unpaired) electrons. The zero-order valence-corrected chi connectivity index (χ0v) is 18.0. The van der Waals surface area contributed by atoms with E-state index in [4.69, 9.17) is 4.74 Å². The van der Waals surface area contributed by atoms with Crippen LogP contribution in [-0.4, -0.2) is 36.5 Å². The summed E-state index contributed by atoms with van der Waals surface area (Å²) in [6, 6.07) is 23.6. The second-order valence-electron chi connectivity index (χ2n) is 8.34. The molecule has 162 valence electrons. The van der Waals surface area contributed by atoms with E-state index >= 15 is 0 Å². The lowest BCUT2D eigenvalue weighted by molar-refractivity contribution is -0.130. The molecule has 0 saturated carbocycles. The SMILES string of the molecule is O=C(CCc1ccc(N2COc3cc(-c4ccccc4)ccc3C2=O)cc1)N1CCCC1. The van der Waals surface area contributed by atoms with Gasteiger partial charge in [0.25, 0.3) is 5.91 Å². The predicted octanol–water partition coefficient (Wildman–Crippen LogP) is 4.91. The number of carbonyl (C=O) groups is 2. The molecule has 3 aromatic carbocycles. The highest BCUT2D eigenvalue weighted by Gasteiger charge is 2.27. The number of amides is 2. The Morgan fingerprint density at radius 1 is 0.875 bits per heavy atom. The summed E-state index contributed by atoms with van der Waals surface area (Å²) >= 11 is 0. The summed E-state index contributed by atoms with van der Waals surface area (Å²) in [7, 11) is 0. The predicted molar refractivity (Wildman–Crippen MR) is 125 cm³/mol. The number of rotatable bonds is 5. The molecule has 5 nitrogen and oxygen atoms in total. The molecule has 5 heteroatoms. The van der Waals surface area contributed by atoms with E-state index in [9.17, 15) is 9.59 Å². The molecular weight excluding hydrogens is 400 g/mol. The highest BCUT2D eigenvalue weighted by atomic mass is 16.5. The van der Waals surface area contributed by atoms with Gasteiger partial charge in [0.15, 0.2) is 6.73 Å². The molecule has 3 aromatic rings. The Morgan fingerprint density at radius 3 is 2.38 bits per heavy atom. The molecule has 2 heterocycles. The fourth-order valence-electron chi connectivity index (χ4n) is 4.38. The number of carbonyl (C=O) groups excluding carboxylic acids is 2. The van der Waals surface area contributed by atoms with Gasteiger partial charge in [0.05, 0.1) is 5.56 Å². The van der Waals surface area contributed by atoms with Crippen LogP contribution in [-0.2, 0) is 11.2 Å². The molecule has 1 fully saturated rings. The molecule has 5 rings (SSSR count). The number of nitrogens with zero attached hydrogens (tertiary/aromatic N) is 2. The molecule has 0 spiro atoms. The fraction of sp³-hybridized carbons (Fsp3) is 0.259. The molecule has 2 amide bonds. The molecule has 1 saturated heterocycles. The molecule has 0 N–H and O–H groups in total. The largest absolute Gasteiger partial charge is 0.472 e. The lowest BCUT2D eigenvalue weighted by Gasteiger charge is -2.29. The normalized spacial score (nSPS) is 15.4. The van der Waals surface area contributed by atoms with E-state index in [0.717, 1.165) is 48.3 Å². The van der Waals surface area contributed by atoms with Crippen LogP contribution < -0.4 is 9.64 Å². The van der Waals surface area contributed by atoms with Gasteiger partial charge in [-0.2, -0.15) is 0 Å². The van der Waals surface area contributed by atoms with Crippen molar-refractivity contribution in [2.24, 2.45) is 0 Å². The maximum absolute atomic E-state index is 13.1. The number of likely N-dealkylation sites (tertiary alicyclic amines) is 1. The average molecular weight is 427 g/mol. The smallest absolute Gasteiger partial charge is 0.264 e. The van der Waals surface area contributed by atoms with Gasteiger partial charge in [-0.25, -0.2) is 0 Å². The van der Waals surface area contributed by atoms with Crippen molar-refractivity contribution in [3.05, 3.63) is 83.9 Å². The number of fused-ring (bicyclic) bond motifs is 1. The lowest BCUT2D eigenvalue weighted by atomic mass is 10.0. The molecule has 0 bridgehead atoms. The first kappa shape index (κ1) is 20.3. The van der Waals surface area contributed by atoms with E-state index in [1.165, 1.54) is 0 Å². The van der Waals surface area contributed by atoms with E-state index in [2.05, 4.69) is 0 Å². The van der Waals surface area contributed by atoms with Crippen molar-refractivity contribution in [2.75, 3.05) is 24.7 Å². The van der Waals surface area contributed by atoms with Crippen molar-refractivity contribution >= 4 is 17.5 Å². The summed E-state index contributed by atoms with van der Waals surface area (Å²) in [5.74, 6) is 0.783. The summed E-state index contributed by atoms with van der Waals surface area (Å²) in [4.78, 5) is 29.0. The van der Waals surface area contributed by atoms with E-state index in [1.54, 1.807) is 4.90 Å². The van der Waals surface area contributed by atoms with Gasteiger partial charge in [0, 0.05) is 25.2 Å². The fourth-order valence-corrected chi connectivity index (χ4v) is 4.38. The molecule has 0 aliphatic carbocycles. The van der Waals surface area contributed by atoms with Crippen LogP contribution in [0.2, 0.25) is 0 Å². The molecule has 0 unspecified atom stereocenters. The first-order chi connectivity index (χ1) is 15.7. The van der Waals surface area contributed by atoms with Crippen LogP contribution in [0.1, 0.15) is 35.2 Å². The molecule has 32 heavy (non-hydrogen) atoms. The van der Waals surface area contributed by atoms with Crippen LogP contribution in [0.15, 0.2) is 72.8 Å². The van der Waals surface area contributed by atoms with Crippen LogP contribution in [0.3, 0.4) is 0 Å². The van der Waals surface area contributed by atoms with Crippen LogP contribution in [0.25, 0.3) is 11.1 Å². The van der Waals surface area contributed by atoms with Gasteiger partial charge in [-0.3, -0.25) is 14.5 Å². The molecule has 0 aromatic heterocycles. The molecule has 2 aliphatic heterocycles.